The van der Waals surface area contributed by atoms with Gasteiger partial charge in [-0.25, -0.2) is 0 Å². The van der Waals surface area contributed by atoms with E-state index in [1.807, 2.05) is 31.3 Å². The number of nitrogens with two attached hydrogens (primary N) is 1. The second-order valence-corrected chi connectivity index (χ2v) is 6.70. The van der Waals surface area contributed by atoms with Crippen molar-refractivity contribution in [3.63, 3.8) is 0 Å². The van der Waals surface area contributed by atoms with E-state index in [1.54, 1.807) is 17.1 Å². The molecule has 26 heavy (non-hydrogen) atoms. The zero-order chi connectivity index (χ0) is 18.1. The lowest BCUT2D eigenvalue weighted by atomic mass is 10.0. The first kappa shape index (κ1) is 16.5. The monoisotopic (exact) mass is 352 g/mol. The molecule has 5 N–H and O–H groups in total. The number of hydrogen-bond acceptors (Lipinski definition) is 7. The molecule has 7 heteroatoms. The molecule has 0 aliphatic carbocycles. The normalized spacial score (nSPS) is 23.7. The molecule has 0 atom stereocenters. The number of phenols is 1. The molecule has 0 amide bonds. The summed E-state index contributed by atoms with van der Waals surface area (Å²) in [7, 11) is 1.83. The van der Waals surface area contributed by atoms with Crippen molar-refractivity contribution in [2.45, 2.75) is 18.9 Å². The third-order valence-electron chi connectivity index (χ3n) is 4.99. The first-order valence-corrected chi connectivity index (χ1v) is 8.90. The van der Waals surface area contributed by atoms with Gasteiger partial charge in [0.05, 0.1) is 17.4 Å². The van der Waals surface area contributed by atoms with Gasteiger partial charge in [-0.2, -0.15) is 5.10 Å². The van der Waals surface area contributed by atoms with Crippen LogP contribution in [0.5, 0.6) is 5.75 Å². The number of rotatable bonds is 2. The zero-order valence-corrected chi connectivity index (χ0v) is 14.8. The molecule has 3 aliphatic rings. The van der Waals surface area contributed by atoms with Crippen molar-refractivity contribution in [1.29, 1.82) is 0 Å². The van der Waals surface area contributed by atoms with E-state index in [0.717, 1.165) is 48.5 Å². The average Bonchev–Trinajstić information content (AvgIpc) is 3.13. The number of benzene rings is 1. The smallest absolute Gasteiger partial charge is 0.153 e. The van der Waals surface area contributed by atoms with Crippen LogP contribution in [0.3, 0.4) is 0 Å². The number of nitrogens with one attached hydrogen (secondary N) is 2. The summed E-state index contributed by atoms with van der Waals surface area (Å²) in [5.74, 6) is 0.669. The number of phenolic OH excluding ortho intramolecular Hbond substituents is 1. The Morgan fingerprint density at radius 2 is 2.00 bits per heavy atom. The van der Waals surface area contributed by atoms with E-state index in [2.05, 4.69) is 27.1 Å². The Kier molecular flexibility index (Phi) is 4.30. The fourth-order valence-corrected chi connectivity index (χ4v) is 3.55. The molecule has 1 saturated heterocycles. The van der Waals surface area contributed by atoms with Crippen LogP contribution in [-0.4, -0.2) is 47.1 Å². The number of hydrogen-bond donors (Lipinski definition) is 4. The van der Waals surface area contributed by atoms with Crippen LogP contribution in [0, 0.1) is 0 Å². The molecule has 0 spiro atoms. The number of para-hydroxylation sites is 1. The second kappa shape index (κ2) is 6.76. The molecule has 0 radical (unpaired) electrons. The lowest BCUT2D eigenvalue weighted by Gasteiger charge is -2.32. The van der Waals surface area contributed by atoms with Gasteiger partial charge in [0.25, 0.3) is 0 Å². The van der Waals surface area contributed by atoms with Crippen LogP contribution in [0.1, 0.15) is 18.4 Å². The number of amidine groups is 1. The highest BCUT2D eigenvalue weighted by atomic mass is 16.3. The molecule has 0 saturated carbocycles. The van der Waals surface area contributed by atoms with Crippen molar-refractivity contribution in [3.8, 4) is 5.75 Å². The highest BCUT2D eigenvalue weighted by Gasteiger charge is 2.25. The second-order valence-electron chi connectivity index (χ2n) is 6.70. The van der Waals surface area contributed by atoms with E-state index in [9.17, 15) is 5.11 Å². The van der Waals surface area contributed by atoms with Crippen LogP contribution in [0.15, 0.2) is 59.0 Å². The van der Waals surface area contributed by atoms with Crippen molar-refractivity contribution in [3.05, 3.63) is 59.5 Å². The molecule has 0 unspecified atom stereocenters. The molecule has 1 aromatic rings. The van der Waals surface area contributed by atoms with E-state index >= 15 is 0 Å². The predicted octanol–water partition coefficient (Wildman–Crippen LogP) is 1.29. The summed E-state index contributed by atoms with van der Waals surface area (Å²) in [5.41, 5.74) is 12.9. The molecule has 1 fully saturated rings. The first-order chi connectivity index (χ1) is 12.6. The summed E-state index contributed by atoms with van der Waals surface area (Å²) < 4.78 is 0. The van der Waals surface area contributed by atoms with Gasteiger partial charge in [-0.1, -0.05) is 12.1 Å². The summed E-state index contributed by atoms with van der Waals surface area (Å²) >= 11 is 0. The summed E-state index contributed by atoms with van der Waals surface area (Å²) in [6.07, 6.45) is 8.27. The molecule has 0 aromatic heterocycles. The zero-order valence-electron chi connectivity index (χ0n) is 14.8. The Balaban J connectivity index is 1.65. The van der Waals surface area contributed by atoms with Crippen LogP contribution in [0.4, 0.5) is 0 Å². The molecular weight excluding hydrogens is 328 g/mol. The van der Waals surface area contributed by atoms with Gasteiger partial charge in [0.15, 0.2) is 5.84 Å². The Morgan fingerprint density at radius 3 is 2.77 bits per heavy atom. The van der Waals surface area contributed by atoms with Crippen LogP contribution in [0.25, 0.3) is 5.70 Å². The van der Waals surface area contributed by atoms with Gasteiger partial charge < -0.3 is 16.2 Å². The Hall–Kier alpha value is -2.93. The standard InChI is InChI=1S/C19H24N6O/c1-24-17(14-4-2-3-5-18(14)26)12-15(19(20)23-24)16-8-11-25(22-16)13-6-9-21-10-7-13/h2-5,8,11-13,21-22,26H,6-7,9-10H2,1H3,(H2,20,23)/b16-15-. The molecule has 1 aromatic carbocycles. The number of aromatic hydroxyl groups is 1. The minimum atomic E-state index is 0.219. The van der Waals surface area contributed by atoms with Gasteiger partial charge >= 0.3 is 0 Å². The van der Waals surface area contributed by atoms with Crippen LogP contribution >= 0.6 is 0 Å². The maximum atomic E-state index is 10.2. The van der Waals surface area contributed by atoms with Crippen LogP contribution < -0.4 is 16.5 Å². The quantitative estimate of drug-likeness (QED) is 0.641. The fourth-order valence-electron chi connectivity index (χ4n) is 3.55. The molecule has 136 valence electrons. The third kappa shape index (κ3) is 3.01. The van der Waals surface area contributed by atoms with E-state index in [1.165, 1.54) is 0 Å². The number of hydrazone groups is 1. The SMILES string of the molecule is CN1N=C(N)/C(=C2/C=CN(C3CCNCC3)N2)C=C1c1ccccc1O. The minimum Gasteiger partial charge on any atom is -0.507 e. The van der Waals surface area contributed by atoms with Crippen molar-refractivity contribution in [1.82, 2.24) is 20.8 Å². The van der Waals surface area contributed by atoms with Gasteiger partial charge in [-0.15, -0.1) is 0 Å². The van der Waals surface area contributed by atoms with Gasteiger partial charge in [-0.3, -0.25) is 15.4 Å². The molecule has 3 heterocycles. The Labute approximate surface area is 153 Å². The molecule has 0 bridgehead atoms. The molecular formula is C19H24N6O. The van der Waals surface area contributed by atoms with E-state index in [-0.39, 0.29) is 5.75 Å². The number of piperidine rings is 1. The highest BCUT2D eigenvalue weighted by Crippen LogP contribution is 2.31. The van der Waals surface area contributed by atoms with Gasteiger partial charge in [0, 0.05) is 24.4 Å². The van der Waals surface area contributed by atoms with Gasteiger partial charge in [-0.05, 0) is 50.2 Å². The number of nitrogens with zero attached hydrogens (tertiary/aromatic N) is 3. The van der Waals surface area contributed by atoms with Gasteiger partial charge in [0.1, 0.15) is 5.75 Å². The van der Waals surface area contributed by atoms with E-state index in [4.69, 9.17) is 5.73 Å². The van der Waals surface area contributed by atoms with Crippen molar-refractivity contribution < 1.29 is 5.11 Å². The molecule has 3 aliphatic heterocycles. The third-order valence-corrected chi connectivity index (χ3v) is 4.99. The average molecular weight is 352 g/mol. The largest absolute Gasteiger partial charge is 0.507 e. The van der Waals surface area contributed by atoms with Crippen LogP contribution in [-0.2, 0) is 0 Å². The lowest BCUT2D eigenvalue weighted by Crippen LogP contribution is -2.44. The maximum Gasteiger partial charge on any atom is 0.153 e. The van der Waals surface area contributed by atoms with Crippen molar-refractivity contribution in [2.75, 3.05) is 20.1 Å². The highest BCUT2D eigenvalue weighted by molar-refractivity contribution is 6.04. The molecule has 4 rings (SSSR count). The van der Waals surface area contributed by atoms with Crippen molar-refractivity contribution >= 4 is 11.5 Å². The van der Waals surface area contributed by atoms with Crippen molar-refractivity contribution in [2.24, 2.45) is 10.8 Å². The van der Waals surface area contributed by atoms with Gasteiger partial charge in [0.2, 0.25) is 0 Å². The summed E-state index contributed by atoms with van der Waals surface area (Å²) in [6.45, 7) is 2.07. The maximum absolute atomic E-state index is 10.2. The van der Waals surface area contributed by atoms with E-state index < -0.39 is 0 Å². The Bertz CT molecular complexity index is 819. The predicted molar refractivity (Wildman–Crippen MR) is 103 cm³/mol. The Morgan fingerprint density at radius 1 is 1.23 bits per heavy atom. The summed E-state index contributed by atoms with van der Waals surface area (Å²) in [4.78, 5) is 0. The minimum absolute atomic E-state index is 0.219. The first-order valence-electron chi connectivity index (χ1n) is 8.90. The summed E-state index contributed by atoms with van der Waals surface area (Å²) in [6, 6.07) is 7.71. The molecule has 7 nitrogen and oxygen atoms in total. The number of hydrazine groups is 1. The van der Waals surface area contributed by atoms with Crippen LogP contribution in [0.2, 0.25) is 0 Å². The topological polar surface area (TPSA) is 89.2 Å². The number of allylic oxidation sites excluding steroid dienone is 1. The summed E-state index contributed by atoms with van der Waals surface area (Å²) in [5, 5.41) is 21.9. The van der Waals surface area contributed by atoms with E-state index in [0.29, 0.717) is 11.9 Å². The fraction of sp³-hybridized carbons (Fsp3) is 0.316. The lowest BCUT2D eigenvalue weighted by molar-refractivity contribution is 0.192.